The quantitative estimate of drug-likeness (QED) is 0.265. The highest BCUT2D eigenvalue weighted by Gasteiger charge is 2.09. The van der Waals surface area contributed by atoms with Crippen LogP contribution in [0.3, 0.4) is 0 Å². The van der Waals surface area contributed by atoms with Crippen LogP contribution in [0.5, 0.6) is 11.5 Å². The maximum absolute atomic E-state index is 12.1. The third kappa shape index (κ3) is 6.18. The molecule has 30 heavy (non-hydrogen) atoms. The zero-order chi connectivity index (χ0) is 21.3. The van der Waals surface area contributed by atoms with Gasteiger partial charge < -0.3 is 9.47 Å². The molecule has 0 saturated heterocycles. The lowest BCUT2D eigenvalue weighted by Crippen LogP contribution is -2.24. The third-order valence-corrected chi connectivity index (χ3v) is 4.24. The van der Waals surface area contributed by atoms with Gasteiger partial charge >= 0.3 is 5.97 Å². The number of aryl methyl sites for hydroxylation is 1. The first kappa shape index (κ1) is 21.1. The fraction of sp³-hybridized carbons (Fsp3) is 0.0870. The highest BCUT2D eigenvalue weighted by molar-refractivity contribution is 6.30. The number of carbonyl (C=O) groups is 2. The first-order chi connectivity index (χ1) is 14.5. The number of nitrogens with zero attached hydrogens (tertiary/aromatic N) is 1. The number of para-hydroxylation sites is 1. The minimum absolute atomic E-state index is 0.138. The molecule has 0 saturated carbocycles. The van der Waals surface area contributed by atoms with E-state index in [2.05, 4.69) is 10.5 Å². The fourth-order valence-corrected chi connectivity index (χ4v) is 2.67. The van der Waals surface area contributed by atoms with Crippen molar-refractivity contribution in [2.24, 2.45) is 5.10 Å². The van der Waals surface area contributed by atoms with Gasteiger partial charge in [-0.05, 0) is 66.6 Å². The van der Waals surface area contributed by atoms with Gasteiger partial charge in [0.05, 0.1) is 11.8 Å². The molecule has 3 aromatic carbocycles. The highest BCUT2D eigenvalue weighted by atomic mass is 35.5. The van der Waals surface area contributed by atoms with E-state index >= 15 is 0 Å². The van der Waals surface area contributed by atoms with Crippen molar-refractivity contribution in [3.63, 3.8) is 0 Å². The van der Waals surface area contributed by atoms with Crippen LogP contribution < -0.4 is 14.9 Å². The Balaban J connectivity index is 1.48. The second-order valence-corrected chi connectivity index (χ2v) is 6.75. The molecule has 0 aliphatic rings. The lowest BCUT2D eigenvalue weighted by molar-refractivity contribution is -0.123. The number of hydrazone groups is 1. The Morgan fingerprint density at radius 1 is 1.03 bits per heavy atom. The molecule has 7 heteroatoms. The molecule has 0 aromatic heterocycles. The summed E-state index contributed by atoms with van der Waals surface area (Å²) in [5.74, 6) is 0.161. The van der Waals surface area contributed by atoms with Gasteiger partial charge in [0.1, 0.15) is 11.5 Å². The largest absolute Gasteiger partial charge is 0.483 e. The molecule has 1 N–H and O–H groups in total. The lowest BCUT2D eigenvalue weighted by atomic mass is 10.2. The number of benzene rings is 3. The second-order valence-electron chi connectivity index (χ2n) is 6.32. The van der Waals surface area contributed by atoms with Gasteiger partial charge in [-0.2, -0.15) is 5.10 Å². The lowest BCUT2D eigenvalue weighted by Gasteiger charge is -2.07. The monoisotopic (exact) mass is 422 g/mol. The first-order valence-electron chi connectivity index (χ1n) is 9.09. The minimum Gasteiger partial charge on any atom is -0.483 e. The Bertz CT molecular complexity index is 1060. The Morgan fingerprint density at radius 2 is 1.80 bits per heavy atom. The normalized spacial score (nSPS) is 10.6. The highest BCUT2D eigenvalue weighted by Crippen LogP contribution is 2.17. The fourth-order valence-electron chi connectivity index (χ4n) is 2.48. The molecule has 0 radical (unpaired) electrons. The summed E-state index contributed by atoms with van der Waals surface area (Å²) < 4.78 is 10.8. The van der Waals surface area contributed by atoms with E-state index in [-0.39, 0.29) is 12.5 Å². The molecule has 0 unspecified atom stereocenters. The number of amides is 1. The predicted molar refractivity (Wildman–Crippen MR) is 115 cm³/mol. The van der Waals surface area contributed by atoms with E-state index in [1.807, 2.05) is 25.1 Å². The number of nitrogens with one attached hydrogen (secondary N) is 1. The van der Waals surface area contributed by atoms with Gasteiger partial charge in [0.15, 0.2) is 6.61 Å². The number of ether oxygens (including phenoxy) is 2. The standard InChI is InChI=1S/C23H19ClN2O4/c1-16-5-2-3-8-21(16)29-15-22(27)26-25-14-17-9-11-20(12-10-17)30-23(28)18-6-4-7-19(24)13-18/h2-14H,15H2,1H3,(H,26,27). The average molecular weight is 423 g/mol. The van der Waals surface area contributed by atoms with Crippen molar-refractivity contribution in [1.29, 1.82) is 0 Å². The molecular weight excluding hydrogens is 404 g/mol. The Hall–Kier alpha value is -3.64. The van der Waals surface area contributed by atoms with Gasteiger partial charge in [-0.25, -0.2) is 10.2 Å². The number of hydrogen-bond acceptors (Lipinski definition) is 5. The van der Waals surface area contributed by atoms with Crippen molar-refractivity contribution in [3.8, 4) is 11.5 Å². The molecule has 0 fully saturated rings. The number of carbonyl (C=O) groups excluding carboxylic acids is 2. The van der Waals surface area contributed by atoms with Gasteiger partial charge in [0, 0.05) is 5.02 Å². The molecule has 0 aliphatic heterocycles. The predicted octanol–water partition coefficient (Wildman–Crippen LogP) is 4.40. The van der Waals surface area contributed by atoms with Gasteiger partial charge in [-0.15, -0.1) is 0 Å². The van der Waals surface area contributed by atoms with Crippen LogP contribution in [0.15, 0.2) is 77.9 Å². The van der Waals surface area contributed by atoms with E-state index in [0.29, 0.717) is 22.1 Å². The van der Waals surface area contributed by atoms with Crippen molar-refractivity contribution in [3.05, 3.63) is 94.5 Å². The summed E-state index contributed by atoms with van der Waals surface area (Å²) in [5.41, 5.74) is 4.44. The van der Waals surface area contributed by atoms with Gasteiger partial charge in [0.25, 0.3) is 5.91 Å². The van der Waals surface area contributed by atoms with Crippen LogP contribution in [0.2, 0.25) is 5.02 Å². The summed E-state index contributed by atoms with van der Waals surface area (Å²) in [6.45, 7) is 1.77. The topological polar surface area (TPSA) is 77.0 Å². The van der Waals surface area contributed by atoms with Crippen molar-refractivity contribution in [2.75, 3.05) is 6.61 Å². The third-order valence-electron chi connectivity index (χ3n) is 4.01. The second kappa shape index (κ2) is 10.2. The van der Waals surface area contributed by atoms with E-state index in [4.69, 9.17) is 21.1 Å². The van der Waals surface area contributed by atoms with E-state index < -0.39 is 5.97 Å². The number of rotatable bonds is 7. The Kier molecular flexibility index (Phi) is 7.19. The first-order valence-corrected chi connectivity index (χ1v) is 9.47. The van der Waals surface area contributed by atoms with Crippen LogP contribution in [0.25, 0.3) is 0 Å². The van der Waals surface area contributed by atoms with E-state index in [0.717, 1.165) is 11.1 Å². The van der Waals surface area contributed by atoms with Crippen molar-refractivity contribution in [1.82, 2.24) is 5.43 Å². The molecular formula is C23H19ClN2O4. The van der Waals surface area contributed by atoms with Crippen molar-refractivity contribution < 1.29 is 19.1 Å². The van der Waals surface area contributed by atoms with Gasteiger partial charge in [0.2, 0.25) is 0 Å². The summed E-state index contributed by atoms with van der Waals surface area (Å²) in [6, 6.07) is 20.6. The molecule has 0 spiro atoms. The summed E-state index contributed by atoms with van der Waals surface area (Å²) in [5, 5.41) is 4.36. The molecule has 6 nitrogen and oxygen atoms in total. The smallest absolute Gasteiger partial charge is 0.343 e. The van der Waals surface area contributed by atoms with Gasteiger partial charge in [-0.3, -0.25) is 4.79 Å². The molecule has 3 rings (SSSR count). The maximum Gasteiger partial charge on any atom is 0.343 e. The molecule has 152 valence electrons. The van der Waals surface area contributed by atoms with Crippen molar-refractivity contribution >= 4 is 29.7 Å². The van der Waals surface area contributed by atoms with Crippen LogP contribution in [0.1, 0.15) is 21.5 Å². The SMILES string of the molecule is Cc1ccccc1OCC(=O)NN=Cc1ccc(OC(=O)c2cccc(Cl)c2)cc1. The van der Waals surface area contributed by atoms with Crippen LogP contribution in [-0.2, 0) is 4.79 Å². The average Bonchev–Trinajstić information content (AvgIpc) is 2.74. The molecule has 3 aromatic rings. The maximum atomic E-state index is 12.1. The molecule has 0 bridgehead atoms. The summed E-state index contributed by atoms with van der Waals surface area (Å²) in [6.07, 6.45) is 1.48. The van der Waals surface area contributed by atoms with E-state index in [1.165, 1.54) is 12.3 Å². The Morgan fingerprint density at radius 3 is 2.53 bits per heavy atom. The van der Waals surface area contributed by atoms with Gasteiger partial charge in [-0.1, -0.05) is 35.9 Å². The number of halogens is 1. The van der Waals surface area contributed by atoms with Crippen LogP contribution in [0, 0.1) is 6.92 Å². The number of hydrogen-bond donors (Lipinski definition) is 1. The summed E-state index contributed by atoms with van der Waals surface area (Å²) in [4.78, 5) is 24.0. The van der Waals surface area contributed by atoms with Crippen LogP contribution in [-0.4, -0.2) is 24.7 Å². The number of esters is 1. The van der Waals surface area contributed by atoms with Crippen molar-refractivity contribution in [2.45, 2.75) is 6.92 Å². The molecule has 0 heterocycles. The van der Waals surface area contributed by atoms with E-state index in [1.54, 1.807) is 48.5 Å². The van der Waals surface area contributed by atoms with E-state index in [9.17, 15) is 9.59 Å². The van der Waals surface area contributed by atoms with Crippen LogP contribution >= 0.6 is 11.6 Å². The zero-order valence-corrected chi connectivity index (χ0v) is 16.9. The minimum atomic E-state index is -0.500. The summed E-state index contributed by atoms with van der Waals surface area (Å²) >= 11 is 5.88. The molecule has 0 atom stereocenters. The molecule has 0 aliphatic carbocycles. The zero-order valence-electron chi connectivity index (χ0n) is 16.2. The summed E-state index contributed by atoms with van der Waals surface area (Å²) in [7, 11) is 0. The molecule has 1 amide bonds. The Labute approximate surface area is 179 Å². The van der Waals surface area contributed by atoms with Crippen LogP contribution in [0.4, 0.5) is 0 Å².